The summed E-state index contributed by atoms with van der Waals surface area (Å²) in [5.41, 5.74) is 6.13. The SMILES string of the molecule is CCCCCCCc1ccc(C(=O)Oc2ccc(OCC(C)CC)cc2-c2cnccn2)cc1.CCCCCCc1ccc(C(=O)Oc2ccc(OCC(C)CC)cc2-c2cnccn2)cc1. The van der Waals surface area contributed by atoms with Crippen LogP contribution in [0.2, 0.25) is 0 Å². The number of carbonyl (C=O) groups excluding carboxylic acids is 2. The molecule has 354 valence electrons. The van der Waals surface area contributed by atoms with Gasteiger partial charge in [0.05, 0.1) is 48.1 Å². The molecule has 2 aromatic heterocycles. The summed E-state index contributed by atoms with van der Waals surface area (Å²) in [6, 6.07) is 26.3. The number of ether oxygens (including phenoxy) is 4. The van der Waals surface area contributed by atoms with Crippen molar-refractivity contribution >= 4 is 11.9 Å². The number of benzene rings is 4. The zero-order valence-electron chi connectivity index (χ0n) is 40.5. The van der Waals surface area contributed by atoms with Gasteiger partial charge in [0.1, 0.15) is 23.0 Å². The normalized spacial score (nSPS) is 11.7. The molecular weight excluding hydrogens is 837 g/mol. The van der Waals surface area contributed by atoms with Crippen molar-refractivity contribution in [2.45, 2.75) is 125 Å². The average molecular weight is 907 g/mol. The highest BCUT2D eigenvalue weighted by Gasteiger charge is 2.18. The third-order valence-electron chi connectivity index (χ3n) is 11.7. The van der Waals surface area contributed by atoms with E-state index in [2.05, 4.69) is 61.5 Å². The van der Waals surface area contributed by atoms with Gasteiger partial charge in [-0.25, -0.2) is 9.59 Å². The third-order valence-corrected chi connectivity index (χ3v) is 11.7. The molecule has 0 aliphatic carbocycles. The van der Waals surface area contributed by atoms with Crippen LogP contribution < -0.4 is 18.9 Å². The smallest absolute Gasteiger partial charge is 0.343 e. The van der Waals surface area contributed by atoms with Crippen LogP contribution >= 0.6 is 0 Å². The van der Waals surface area contributed by atoms with E-state index in [4.69, 9.17) is 18.9 Å². The average Bonchev–Trinajstić information content (AvgIpc) is 3.37. The van der Waals surface area contributed by atoms with Crippen LogP contribution in [-0.2, 0) is 12.8 Å². The molecule has 2 unspecified atom stereocenters. The predicted molar refractivity (Wildman–Crippen MR) is 268 cm³/mol. The number of esters is 2. The molecule has 0 spiro atoms. The van der Waals surface area contributed by atoms with Crippen molar-refractivity contribution < 1.29 is 28.5 Å². The number of rotatable bonds is 25. The van der Waals surface area contributed by atoms with Gasteiger partial charge in [0.25, 0.3) is 0 Å². The molecule has 2 atom stereocenters. The van der Waals surface area contributed by atoms with Crippen molar-refractivity contribution in [3.63, 3.8) is 0 Å². The number of hydrogen-bond acceptors (Lipinski definition) is 10. The number of hydrogen-bond donors (Lipinski definition) is 0. The van der Waals surface area contributed by atoms with Crippen LogP contribution in [0.15, 0.2) is 122 Å². The van der Waals surface area contributed by atoms with Gasteiger partial charge in [0.2, 0.25) is 0 Å². The Balaban J connectivity index is 0.000000251. The minimum atomic E-state index is -0.397. The van der Waals surface area contributed by atoms with E-state index >= 15 is 0 Å². The maximum absolute atomic E-state index is 12.9. The van der Waals surface area contributed by atoms with Crippen LogP contribution in [0.1, 0.15) is 144 Å². The summed E-state index contributed by atoms with van der Waals surface area (Å²) in [6.07, 6.45) is 25.1. The van der Waals surface area contributed by atoms with Crippen molar-refractivity contribution in [2.24, 2.45) is 11.8 Å². The molecule has 6 aromatic rings. The van der Waals surface area contributed by atoms with Crippen LogP contribution in [0.25, 0.3) is 22.5 Å². The highest BCUT2D eigenvalue weighted by atomic mass is 16.5. The fourth-order valence-electron chi connectivity index (χ4n) is 6.99. The zero-order chi connectivity index (χ0) is 47.6. The quantitative estimate of drug-likeness (QED) is 0.0312. The monoisotopic (exact) mass is 907 g/mol. The molecule has 4 aromatic carbocycles. The molecule has 0 N–H and O–H groups in total. The highest BCUT2D eigenvalue weighted by molar-refractivity contribution is 5.93. The Morgan fingerprint density at radius 2 is 0.896 bits per heavy atom. The molecule has 0 saturated heterocycles. The summed E-state index contributed by atoms with van der Waals surface area (Å²) in [5.74, 6) is 2.40. The van der Waals surface area contributed by atoms with Crippen molar-refractivity contribution in [3.8, 4) is 45.5 Å². The molecule has 0 fully saturated rings. The first-order valence-electron chi connectivity index (χ1n) is 24.4. The first-order chi connectivity index (χ1) is 32.7. The second-order valence-corrected chi connectivity index (χ2v) is 17.3. The lowest BCUT2D eigenvalue weighted by molar-refractivity contribution is 0.0726. The van der Waals surface area contributed by atoms with E-state index in [0.717, 1.165) is 25.7 Å². The number of nitrogens with zero attached hydrogens (tertiary/aromatic N) is 4. The van der Waals surface area contributed by atoms with E-state index in [1.54, 1.807) is 49.3 Å². The fourth-order valence-corrected chi connectivity index (χ4v) is 6.99. The lowest BCUT2D eigenvalue weighted by atomic mass is 10.0. The molecule has 0 radical (unpaired) electrons. The summed E-state index contributed by atoms with van der Waals surface area (Å²) in [5, 5.41) is 0. The first-order valence-corrected chi connectivity index (χ1v) is 24.4. The lowest BCUT2D eigenvalue weighted by Crippen LogP contribution is -2.10. The van der Waals surface area contributed by atoms with Crippen molar-refractivity contribution in [2.75, 3.05) is 13.2 Å². The molecule has 0 aliphatic heterocycles. The molecule has 67 heavy (non-hydrogen) atoms. The van der Waals surface area contributed by atoms with Gasteiger partial charge in [-0.2, -0.15) is 0 Å². The van der Waals surface area contributed by atoms with E-state index < -0.39 is 11.9 Å². The number of aryl methyl sites for hydroxylation is 2. The van der Waals surface area contributed by atoms with Gasteiger partial charge < -0.3 is 18.9 Å². The van der Waals surface area contributed by atoms with Crippen LogP contribution in [-0.4, -0.2) is 45.1 Å². The van der Waals surface area contributed by atoms with E-state index in [0.29, 0.717) is 81.7 Å². The third kappa shape index (κ3) is 17.4. The first kappa shape index (κ1) is 51.6. The molecule has 6 rings (SSSR count). The molecule has 0 bridgehead atoms. The maximum atomic E-state index is 12.9. The Kier molecular flexibility index (Phi) is 22.0. The minimum absolute atomic E-state index is 0.395. The fraction of sp³-hybridized carbons (Fsp3) is 0.404. The Hall–Kier alpha value is -6.42. The van der Waals surface area contributed by atoms with Gasteiger partial charge in [-0.05, 0) is 109 Å². The number of unbranched alkanes of at least 4 members (excludes halogenated alkanes) is 7. The zero-order valence-corrected chi connectivity index (χ0v) is 40.5. The van der Waals surface area contributed by atoms with Gasteiger partial charge >= 0.3 is 11.9 Å². The van der Waals surface area contributed by atoms with Crippen LogP contribution in [0, 0.1) is 11.8 Å². The number of aromatic nitrogens is 4. The molecule has 2 heterocycles. The highest BCUT2D eigenvalue weighted by Crippen LogP contribution is 2.34. The summed E-state index contributed by atoms with van der Waals surface area (Å²) in [6.45, 7) is 14.3. The van der Waals surface area contributed by atoms with Crippen molar-refractivity contribution in [3.05, 3.63) is 144 Å². The number of carbonyl (C=O) groups is 2. The Bertz CT molecular complexity index is 2360. The summed E-state index contributed by atoms with van der Waals surface area (Å²) < 4.78 is 23.5. The van der Waals surface area contributed by atoms with E-state index in [1.165, 1.54) is 68.9 Å². The predicted octanol–water partition coefficient (Wildman–Crippen LogP) is 14.2. The second-order valence-electron chi connectivity index (χ2n) is 17.3. The van der Waals surface area contributed by atoms with E-state index in [-0.39, 0.29) is 0 Å². The summed E-state index contributed by atoms with van der Waals surface area (Å²) in [7, 11) is 0. The van der Waals surface area contributed by atoms with Crippen molar-refractivity contribution in [1.82, 2.24) is 19.9 Å². The second kappa shape index (κ2) is 28.6. The molecule has 0 amide bonds. The minimum Gasteiger partial charge on any atom is -0.493 e. The van der Waals surface area contributed by atoms with Crippen molar-refractivity contribution in [1.29, 1.82) is 0 Å². The van der Waals surface area contributed by atoms with Gasteiger partial charge in [-0.3, -0.25) is 19.9 Å². The molecule has 0 saturated carbocycles. The molecule has 0 aliphatic rings. The largest absolute Gasteiger partial charge is 0.493 e. The molecular formula is C57H70N4O6. The van der Waals surface area contributed by atoms with Gasteiger partial charge in [-0.15, -0.1) is 0 Å². The maximum Gasteiger partial charge on any atom is 0.343 e. The molecule has 10 nitrogen and oxygen atoms in total. The Morgan fingerprint density at radius 3 is 1.27 bits per heavy atom. The van der Waals surface area contributed by atoms with E-state index in [9.17, 15) is 9.59 Å². The topological polar surface area (TPSA) is 123 Å². The van der Waals surface area contributed by atoms with Gasteiger partial charge in [-0.1, -0.05) is 124 Å². The summed E-state index contributed by atoms with van der Waals surface area (Å²) >= 11 is 0. The van der Waals surface area contributed by atoms with Gasteiger partial charge in [0, 0.05) is 35.9 Å². The Morgan fingerprint density at radius 1 is 0.493 bits per heavy atom. The van der Waals surface area contributed by atoms with E-state index in [1.807, 2.05) is 72.8 Å². The van der Waals surface area contributed by atoms with Crippen LogP contribution in [0.5, 0.6) is 23.0 Å². The van der Waals surface area contributed by atoms with Crippen LogP contribution in [0.3, 0.4) is 0 Å². The Labute approximate surface area is 399 Å². The van der Waals surface area contributed by atoms with Crippen LogP contribution in [0.4, 0.5) is 0 Å². The lowest BCUT2D eigenvalue weighted by Gasteiger charge is -2.14. The summed E-state index contributed by atoms with van der Waals surface area (Å²) in [4.78, 5) is 42.8. The molecule has 10 heteroatoms. The standard InChI is InChI=1S/C29H36N2O3.C28H34N2O3/c1-4-6-7-8-9-10-23-11-13-24(14-12-23)29(32)34-28-16-15-25(33-21-22(3)5-2)19-26(28)27-20-30-17-18-31-27;1-4-6-7-8-9-22-10-12-23(13-11-22)28(31)33-27-15-14-24(32-20-21(3)5-2)18-25(27)26-19-29-16-17-30-26/h11-20,22H,4-10,21H2,1-3H3;10-19,21H,4-9,20H2,1-3H3. The van der Waals surface area contributed by atoms with Gasteiger partial charge in [0.15, 0.2) is 0 Å².